The summed E-state index contributed by atoms with van der Waals surface area (Å²) in [7, 11) is 0. The second kappa shape index (κ2) is 7.29. The molecule has 0 saturated heterocycles. The third-order valence-electron chi connectivity index (χ3n) is 2.61. The first kappa shape index (κ1) is 14.0. The summed E-state index contributed by atoms with van der Waals surface area (Å²) in [6.45, 7) is 6.09. The van der Waals surface area contributed by atoms with Crippen LogP contribution in [0.4, 0.5) is 0 Å². The third kappa shape index (κ3) is 4.07. The predicted octanol–water partition coefficient (Wildman–Crippen LogP) is 4.48. The van der Waals surface area contributed by atoms with Crippen LogP contribution in [0.25, 0.3) is 0 Å². The number of hydrogen-bond donors (Lipinski definition) is 0. The van der Waals surface area contributed by atoms with E-state index in [4.69, 9.17) is 5.26 Å². The maximum Gasteiger partial charge on any atom is 0.0991 e. The Morgan fingerprint density at radius 2 is 1.28 bits per heavy atom. The molecule has 0 spiro atoms. The lowest BCUT2D eigenvalue weighted by atomic mass is 10.0. The monoisotopic (exact) mass is 237 g/mol. The van der Waals surface area contributed by atoms with Gasteiger partial charge in [-0.1, -0.05) is 55.8 Å². The molecule has 2 rings (SSSR count). The molecule has 0 aliphatic heterocycles. The van der Waals surface area contributed by atoms with Crippen molar-refractivity contribution in [1.82, 2.24) is 0 Å². The lowest BCUT2D eigenvalue weighted by Crippen LogP contribution is -1.88. The van der Waals surface area contributed by atoms with Crippen molar-refractivity contribution in [2.75, 3.05) is 0 Å². The molecule has 0 aliphatic rings. The van der Waals surface area contributed by atoms with E-state index in [0.717, 1.165) is 6.42 Å². The molecule has 0 aromatic heterocycles. The lowest BCUT2D eigenvalue weighted by Gasteiger charge is -2.02. The van der Waals surface area contributed by atoms with Gasteiger partial charge in [-0.05, 0) is 36.6 Å². The van der Waals surface area contributed by atoms with Gasteiger partial charge in [0.15, 0.2) is 0 Å². The first-order valence-corrected chi connectivity index (χ1v) is 6.32. The Kier molecular flexibility index (Phi) is 5.67. The second-order valence-corrected chi connectivity index (χ2v) is 3.97. The summed E-state index contributed by atoms with van der Waals surface area (Å²) in [5, 5.41) is 8.70. The number of rotatable bonds is 2. The maximum atomic E-state index is 8.70. The Labute approximate surface area is 110 Å². The fraction of sp³-hybridized carbons (Fsp3) is 0.235. The van der Waals surface area contributed by atoms with Gasteiger partial charge in [-0.2, -0.15) is 5.26 Å². The van der Waals surface area contributed by atoms with Gasteiger partial charge < -0.3 is 0 Å². The molecule has 0 saturated carbocycles. The van der Waals surface area contributed by atoms with Gasteiger partial charge in [-0.15, -0.1) is 0 Å². The van der Waals surface area contributed by atoms with E-state index in [1.807, 2.05) is 38.1 Å². The average molecular weight is 237 g/mol. The molecule has 92 valence electrons. The highest BCUT2D eigenvalue weighted by Crippen LogP contribution is 2.11. The lowest BCUT2D eigenvalue weighted by molar-refractivity contribution is 1.18. The highest BCUT2D eigenvalue weighted by atomic mass is 14.2. The highest BCUT2D eigenvalue weighted by molar-refractivity contribution is 5.34. The topological polar surface area (TPSA) is 23.8 Å². The van der Waals surface area contributed by atoms with Crippen molar-refractivity contribution < 1.29 is 0 Å². The van der Waals surface area contributed by atoms with Gasteiger partial charge in [0, 0.05) is 0 Å². The number of aryl methyl sites for hydroxylation is 1. The van der Waals surface area contributed by atoms with Crippen molar-refractivity contribution in [1.29, 1.82) is 5.26 Å². The van der Waals surface area contributed by atoms with Crippen LogP contribution in [0.15, 0.2) is 48.5 Å². The summed E-state index contributed by atoms with van der Waals surface area (Å²) in [6, 6.07) is 18.4. The Hall–Kier alpha value is -2.07. The van der Waals surface area contributed by atoms with Gasteiger partial charge in [-0.25, -0.2) is 0 Å². The quantitative estimate of drug-likeness (QED) is 0.755. The molecule has 0 N–H and O–H groups in total. The molecule has 0 atom stereocenters. The fourth-order valence-electron chi connectivity index (χ4n) is 1.64. The molecule has 0 aliphatic carbocycles. The first-order chi connectivity index (χ1) is 8.78. The molecular weight excluding hydrogens is 218 g/mol. The molecule has 18 heavy (non-hydrogen) atoms. The van der Waals surface area contributed by atoms with Gasteiger partial charge in [0.25, 0.3) is 0 Å². The van der Waals surface area contributed by atoms with Crippen LogP contribution in [0.3, 0.4) is 0 Å². The molecule has 0 unspecified atom stereocenters. The van der Waals surface area contributed by atoms with Crippen molar-refractivity contribution in [3.63, 3.8) is 0 Å². The van der Waals surface area contributed by atoms with Crippen LogP contribution in [0.2, 0.25) is 0 Å². The van der Waals surface area contributed by atoms with Gasteiger partial charge >= 0.3 is 0 Å². The van der Waals surface area contributed by atoms with Gasteiger partial charge in [0.2, 0.25) is 0 Å². The van der Waals surface area contributed by atoms with Crippen LogP contribution in [-0.2, 0) is 6.42 Å². The van der Waals surface area contributed by atoms with Crippen LogP contribution >= 0.6 is 0 Å². The van der Waals surface area contributed by atoms with E-state index in [-0.39, 0.29) is 0 Å². The van der Waals surface area contributed by atoms with E-state index < -0.39 is 0 Å². The predicted molar refractivity (Wildman–Crippen MR) is 76.5 cm³/mol. The van der Waals surface area contributed by atoms with E-state index >= 15 is 0 Å². The largest absolute Gasteiger partial charge is 0.192 e. The van der Waals surface area contributed by atoms with E-state index in [1.54, 1.807) is 0 Å². The van der Waals surface area contributed by atoms with E-state index in [0.29, 0.717) is 5.56 Å². The van der Waals surface area contributed by atoms with Crippen molar-refractivity contribution in [2.24, 2.45) is 0 Å². The van der Waals surface area contributed by atoms with Crippen LogP contribution < -0.4 is 0 Å². The molecule has 0 radical (unpaired) electrons. The minimum atomic E-state index is 0.715. The van der Waals surface area contributed by atoms with Gasteiger partial charge in [0.1, 0.15) is 0 Å². The SMILES string of the molecule is CC.Cc1ccc(Cc2ccc(C#N)cc2)cc1. The molecule has 0 heterocycles. The summed E-state index contributed by atoms with van der Waals surface area (Å²) in [5.41, 5.74) is 4.54. The highest BCUT2D eigenvalue weighted by Gasteiger charge is 1.96. The zero-order valence-electron chi connectivity index (χ0n) is 11.3. The molecular formula is C17H19N. The van der Waals surface area contributed by atoms with E-state index in [1.165, 1.54) is 16.7 Å². The molecule has 2 aromatic rings. The Bertz CT molecular complexity index is 501. The second-order valence-electron chi connectivity index (χ2n) is 3.97. The zero-order valence-corrected chi connectivity index (χ0v) is 11.3. The summed E-state index contributed by atoms with van der Waals surface area (Å²) in [5.74, 6) is 0. The molecule has 1 heteroatoms. The Morgan fingerprint density at radius 3 is 1.72 bits per heavy atom. The number of hydrogen-bond acceptors (Lipinski definition) is 1. The summed E-state index contributed by atoms with van der Waals surface area (Å²) in [4.78, 5) is 0. The first-order valence-electron chi connectivity index (χ1n) is 6.32. The Morgan fingerprint density at radius 1 is 0.833 bits per heavy atom. The van der Waals surface area contributed by atoms with Gasteiger partial charge in [-0.3, -0.25) is 0 Å². The normalized spacial score (nSPS) is 9.00. The standard InChI is InChI=1S/C15H13N.C2H6/c1-12-2-4-13(5-3-12)10-14-6-8-15(11-16)9-7-14;1-2/h2-9H,10H2,1H3;1-2H3. The van der Waals surface area contributed by atoms with Crippen molar-refractivity contribution in [2.45, 2.75) is 27.2 Å². The third-order valence-corrected chi connectivity index (χ3v) is 2.61. The van der Waals surface area contributed by atoms with Gasteiger partial charge in [0.05, 0.1) is 11.6 Å². The van der Waals surface area contributed by atoms with Crippen LogP contribution in [0.5, 0.6) is 0 Å². The van der Waals surface area contributed by atoms with Crippen molar-refractivity contribution in [3.05, 3.63) is 70.8 Å². The Balaban J connectivity index is 0.000000771. The van der Waals surface area contributed by atoms with Crippen LogP contribution in [-0.4, -0.2) is 0 Å². The average Bonchev–Trinajstić information content (AvgIpc) is 2.44. The fourth-order valence-corrected chi connectivity index (χ4v) is 1.64. The van der Waals surface area contributed by atoms with Crippen LogP contribution in [0, 0.1) is 18.3 Å². The smallest absolute Gasteiger partial charge is 0.0991 e. The van der Waals surface area contributed by atoms with E-state index in [9.17, 15) is 0 Å². The van der Waals surface area contributed by atoms with E-state index in [2.05, 4.69) is 37.3 Å². The summed E-state index contributed by atoms with van der Waals surface area (Å²) >= 11 is 0. The molecule has 0 fully saturated rings. The minimum absolute atomic E-state index is 0.715. The van der Waals surface area contributed by atoms with Crippen molar-refractivity contribution >= 4 is 0 Å². The number of nitriles is 1. The van der Waals surface area contributed by atoms with Crippen LogP contribution in [0.1, 0.15) is 36.1 Å². The van der Waals surface area contributed by atoms with Crippen molar-refractivity contribution in [3.8, 4) is 6.07 Å². The minimum Gasteiger partial charge on any atom is -0.192 e. The molecule has 0 bridgehead atoms. The molecule has 0 amide bonds. The summed E-state index contributed by atoms with van der Waals surface area (Å²) in [6.07, 6.45) is 0.923. The molecule has 1 nitrogen and oxygen atoms in total. The maximum absolute atomic E-state index is 8.70. The molecule has 2 aromatic carbocycles. The number of nitrogens with zero attached hydrogens (tertiary/aromatic N) is 1. The zero-order chi connectivity index (χ0) is 13.4. The summed E-state index contributed by atoms with van der Waals surface area (Å²) < 4.78 is 0. The number of benzene rings is 2.